The minimum Gasteiger partial charge on any atom is -0.299 e. The normalized spacial score (nSPS) is 41.4. The van der Waals surface area contributed by atoms with Gasteiger partial charge >= 0.3 is 10.4 Å². The van der Waals surface area contributed by atoms with Crippen molar-refractivity contribution in [1.82, 2.24) is 0 Å². The molecule has 0 spiro atoms. The Hall–Kier alpha value is -0.460. The van der Waals surface area contributed by atoms with Gasteiger partial charge in [-0.2, -0.15) is 8.42 Å². The van der Waals surface area contributed by atoms with Crippen molar-refractivity contribution >= 4 is 16.2 Å². The van der Waals surface area contributed by atoms with E-state index in [1.165, 1.54) is 6.42 Å². The summed E-state index contributed by atoms with van der Waals surface area (Å²) >= 11 is 0. The Morgan fingerprint density at radius 3 is 1.88 bits per heavy atom. The van der Waals surface area contributed by atoms with Crippen LogP contribution in [-0.4, -0.2) is 14.2 Å². The number of hydrogen-bond donors (Lipinski definition) is 0. The second-order valence-electron chi connectivity index (χ2n) is 5.46. The van der Waals surface area contributed by atoms with Gasteiger partial charge < -0.3 is 0 Å². The van der Waals surface area contributed by atoms with E-state index >= 15 is 0 Å². The maximum atomic E-state index is 11.6. The molecule has 1 heterocycles. The molecule has 1 aliphatic heterocycles. The maximum Gasteiger partial charge on any atom is 0.455 e. The van der Waals surface area contributed by atoms with Gasteiger partial charge in [-0.25, -0.2) is 0 Å². The van der Waals surface area contributed by atoms with Crippen molar-refractivity contribution in [3.8, 4) is 0 Å². The van der Waals surface area contributed by atoms with Gasteiger partial charge in [-0.3, -0.25) is 4.79 Å². The summed E-state index contributed by atoms with van der Waals surface area (Å²) in [6.45, 7) is 6.67. The van der Waals surface area contributed by atoms with E-state index in [1.807, 2.05) is 0 Å². The molecule has 3 aliphatic rings. The first-order chi connectivity index (χ1) is 7.19. The average Bonchev–Trinajstić information content (AvgIpc) is 2.77. The van der Waals surface area contributed by atoms with E-state index in [-0.39, 0.29) is 10.8 Å². The third kappa shape index (κ3) is 1.69. The van der Waals surface area contributed by atoms with Crippen LogP contribution in [0.5, 0.6) is 0 Å². The van der Waals surface area contributed by atoms with E-state index in [2.05, 4.69) is 29.4 Å². The molecule has 2 aliphatic carbocycles. The van der Waals surface area contributed by atoms with E-state index in [4.69, 9.17) is 0 Å². The van der Waals surface area contributed by atoms with Crippen molar-refractivity contribution < 1.29 is 21.9 Å². The topological polar surface area (TPSA) is 76.3 Å². The lowest BCUT2D eigenvalue weighted by Gasteiger charge is -2.32. The van der Waals surface area contributed by atoms with Gasteiger partial charge in [-0.05, 0) is 24.2 Å². The van der Waals surface area contributed by atoms with Crippen LogP contribution in [0.25, 0.3) is 0 Å². The number of rotatable bonds is 0. The lowest BCUT2D eigenvalue weighted by Crippen LogP contribution is -2.32. The van der Waals surface area contributed by atoms with Crippen LogP contribution in [-0.2, 0) is 23.9 Å². The number of fused-ring (bicyclic) bond motifs is 2. The molecule has 5 nitrogen and oxygen atoms in total. The van der Waals surface area contributed by atoms with Gasteiger partial charge in [0, 0.05) is 11.8 Å². The molecule has 3 rings (SSSR count). The van der Waals surface area contributed by atoms with Crippen LogP contribution in [0.3, 0.4) is 0 Å². The minimum atomic E-state index is -3.42. The van der Waals surface area contributed by atoms with Crippen molar-refractivity contribution in [2.45, 2.75) is 40.0 Å². The van der Waals surface area contributed by atoms with E-state index in [9.17, 15) is 13.2 Å². The summed E-state index contributed by atoms with van der Waals surface area (Å²) in [5.74, 6) is 1.19. The highest BCUT2D eigenvalue weighted by Crippen LogP contribution is 2.63. The Morgan fingerprint density at radius 1 is 1.25 bits per heavy atom. The number of carbonyl (C=O) groups excluding carboxylic acids is 1. The molecule has 16 heavy (non-hydrogen) atoms. The molecule has 0 amide bonds. The number of carbonyl (C=O) groups is 1. The van der Waals surface area contributed by atoms with Crippen molar-refractivity contribution in [3.63, 3.8) is 0 Å². The van der Waals surface area contributed by atoms with Crippen LogP contribution in [0.4, 0.5) is 0 Å². The summed E-state index contributed by atoms with van der Waals surface area (Å²) in [6, 6.07) is 0. The molecule has 0 N–H and O–H groups in total. The van der Waals surface area contributed by atoms with Gasteiger partial charge in [0.25, 0.3) is 0 Å². The fourth-order valence-electron chi connectivity index (χ4n) is 2.92. The molecule has 6 heteroatoms. The molecular weight excluding hydrogens is 232 g/mol. The molecule has 2 atom stereocenters. The lowest BCUT2D eigenvalue weighted by molar-refractivity contribution is -0.128. The van der Waals surface area contributed by atoms with E-state index in [1.54, 1.807) is 0 Å². The van der Waals surface area contributed by atoms with Gasteiger partial charge in [0.05, 0.1) is 0 Å². The Kier molecular flexibility index (Phi) is 2.46. The zero-order valence-corrected chi connectivity index (χ0v) is 10.5. The molecule has 0 aromatic rings. The Bertz CT molecular complexity index is 414. The van der Waals surface area contributed by atoms with Gasteiger partial charge in [0.1, 0.15) is 5.78 Å². The smallest absolute Gasteiger partial charge is 0.299 e. The first-order valence-corrected chi connectivity index (χ1v) is 6.68. The summed E-state index contributed by atoms with van der Waals surface area (Å²) in [6.07, 6.45) is 3.25. The second-order valence-corrected chi connectivity index (χ2v) is 6.55. The van der Waals surface area contributed by atoms with Crippen molar-refractivity contribution in [2.24, 2.45) is 16.7 Å². The summed E-state index contributed by atoms with van der Waals surface area (Å²) < 4.78 is 25.3. The molecule has 3 fully saturated rings. The lowest BCUT2D eigenvalue weighted by atomic mass is 9.70. The Labute approximate surface area is 95.4 Å². The van der Waals surface area contributed by atoms with Crippen molar-refractivity contribution in [2.75, 3.05) is 0 Å². The Morgan fingerprint density at radius 2 is 1.75 bits per heavy atom. The number of hydrogen-bond acceptors (Lipinski definition) is 5. The molecule has 2 saturated carbocycles. The molecule has 0 radical (unpaired) electrons. The van der Waals surface area contributed by atoms with Crippen LogP contribution in [0.15, 0.2) is 0 Å². The van der Waals surface area contributed by atoms with Crippen LogP contribution < -0.4 is 0 Å². The SMILES string of the molecule is CC12CCC(CC1=O)C2(C)C.O=S1(=O)OO1. The van der Waals surface area contributed by atoms with Crippen molar-refractivity contribution in [3.05, 3.63) is 0 Å². The highest BCUT2D eigenvalue weighted by atomic mass is 32.3. The summed E-state index contributed by atoms with van der Waals surface area (Å²) in [5.41, 5.74) is 0.307. The third-order valence-electron chi connectivity index (χ3n) is 4.66. The molecule has 1 saturated heterocycles. The third-order valence-corrected chi connectivity index (χ3v) is 5.02. The van der Waals surface area contributed by atoms with Crippen molar-refractivity contribution in [1.29, 1.82) is 0 Å². The first-order valence-electron chi connectivity index (χ1n) is 5.35. The summed E-state index contributed by atoms with van der Waals surface area (Å²) in [4.78, 5) is 11.6. The van der Waals surface area contributed by atoms with Gasteiger partial charge in [-0.1, -0.05) is 29.4 Å². The maximum absolute atomic E-state index is 11.6. The zero-order chi connectivity index (χ0) is 12.2. The average molecular weight is 248 g/mol. The first kappa shape index (κ1) is 12.0. The van der Waals surface area contributed by atoms with Gasteiger partial charge in [-0.15, -0.1) is 0 Å². The molecular formula is C10H16O5S. The molecule has 92 valence electrons. The predicted octanol–water partition coefficient (Wildman–Crippen LogP) is 1.59. The van der Waals surface area contributed by atoms with Crippen LogP contribution in [0.1, 0.15) is 40.0 Å². The molecule has 2 bridgehead atoms. The van der Waals surface area contributed by atoms with E-state index in [0.29, 0.717) is 11.7 Å². The van der Waals surface area contributed by atoms with Gasteiger partial charge in [0.15, 0.2) is 0 Å². The standard InChI is InChI=1S/C10H16O.O4S/c1-9(2)7-4-5-10(9,3)8(11)6-7;1-5(2)3-4-5/h7H,4-6H2,1-3H3;. The summed E-state index contributed by atoms with van der Waals surface area (Å²) in [5, 5.41) is 0. The summed E-state index contributed by atoms with van der Waals surface area (Å²) in [7, 11) is -3.42. The minimum absolute atomic E-state index is 0.0255. The van der Waals surface area contributed by atoms with E-state index < -0.39 is 10.4 Å². The van der Waals surface area contributed by atoms with Crippen LogP contribution in [0.2, 0.25) is 0 Å². The van der Waals surface area contributed by atoms with Crippen LogP contribution >= 0.6 is 0 Å². The number of ketones is 1. The molecule has 0 aromatic carbocycles. The molecule has 0 aromatic heterocycles. The fraction of sp³-hybridized carbons (Fsp3) is 0.900. The van der Waals surface area contributed by atoms with Crippen LogP contribution in [0, 0.1) is 16.7 Å². The predicted molar refractivity (Wildman–Crippen MR) is 55.3 cm³/mol. The second kappa shape index (κ2) is 3.27. The highest BCUT2D eigenvalue weighted by molar-refractivity contribution is 7.85. The Balaban J connectivity index is 0.000000162. The fourth-order valence-corrected chi connectivity index (χ4v) is 3.11. The largest absolute Gasteiger partial charge is 0.455 e. The number of Topliss-reactive ketones (excluding diaryl/α,β-unsaturated/α-hetero) is 1. The highest BCUT2D eigenvalue weighted by Gasteiger charge is 2.61. The van der Waals surface area contributed by atoms with Gasteiger partial charge in [0.2, 0.25) is 0 Å². The van der Waals surface area contributed by atoms with E-state index in [0.717, 1.165) is 12.8 Å². The monoisotopic (exact) mass is 248 g/mol. The quantitative estimate of drug-likeness (QED) is 0.480. The molecule has 2 unspecified atom stereocenters. The zero-order valence-electron chi connectivity index (χ0n) is 9.65.